The van der Waals surface area contributed by atoms with Crippen molar-refractivity contribution in [2.45, 2.75) is 45.7 Å². The van der Waals surface area contributed by atoms with Crippen molar-refractivity contribution in [2.75, 3.05) is 0 Å². The molecule has 5 heteroatoms. The lowest BCUT2D eigenvalue weighted by molar-refractivity contribution is -0.139. The second kappa shape index (κ2) is 8.16. The van der Waals surface area contributed by atoms with Crippen LogP contribution >= 0.6 is 0 Å². The van der Waals surface area contributed by atoms with E-state index in [1.54, 1.807) is 24.3 Å². The topological polar surface area (TPSA) is 66.5 Å². The lowest BCUT2D eigenvalue weighted by atomic mass is 10.0. The molecule has 3 rings (SSSR count). The van der Waals surface area contributed by atoms with Crippen LogP contribution in [0.2, 0.25) is 0 Å². The van der Waals surface area contributed by atoms with Gasteiger partial charge in [0.25, 0.3) is 5.91 Å². The molecule has 3 amide bonds. The summed E-state index contributed by atoms with van der Waals surface area (Å²) in [4.78, 5) is 37.2. The number of likely N-dealkylation sites (tertiary alicyclic amines) is 1. The minimum atomic E-state index is -0.151. The Morgan fingerprint density at radius 1 is 0.963 bits per heavy atom. The molecule has 0 saturated carbocycles. The van der Waals surface area contributed by atoms with Crippen LogP contribution in [0, 0.1) is 0 Å². The summed E-state index contributed by atoms with van der Waals surface area (Å²) < 4.78 is 0. The van der Waals surface area contributed by atoms with Crippen LogP contribution in [-0.4, -0.2) is 22.6 Å². The van der Waals surface area contributed by atoms with Crippen LogP contribution in [0.15, 0.2) is 48.5 Å². The van der Waals surface area contributed by atoms with Crippen molar-refractivity contribution in [3.8, 4) is 0 Å². The number of aryl methyl sites for hydroxylation is 1. The van der Waals surface area contributed by atoms with Gasteiger partial charge in [0.15, 0.2) is 0 Å². The van der Waals surface area contributed by atoms with E-state index in [1.165, 1.54) is 10.5 Å². The van der Waals surface area contributed by atoms with Crippen LogP contribution in [0.25, 0.3) is 0 Å². The Hall–Kier alpha value is -2.95. The van der Waals surface area contributed by atoms with Crippen LogP contribution < -0.4 is 5.32 Å². The van der Waals surface area contributed by atoms with Gasteiger partial charge in [-0.15, -0.1) is 0 Å². The summed E-state index contributed by atoms with van der Waals surface area (Å²) in [6, 6.07) is 15.2. The lowest BCUT2D eigenvalue weighted by Crippen LogP contribution is -2.28. The normalized spacial score (nSPS) is 15.1. The molecule has 27 heavy (non-hydrogen) atoms. The van der Waals surface area contributed by atoms with E-state index in [0.29, 0.717) is 5.56 Å². The Balaban J connectivity index is 1.61. The quantitative estimate of drug-likeness (QED) is 0.799. The number of amides is 3. The van der Waals surface area contributed by atoms with Gasteiger partial charge in [-0.1, -0.05) is 43.3 Å². The van der Waals surface area contributed by atoms with E-state index in [9.17, 15) is 14.4 Å². The third-order valence-corrected chi connectivity index (χ3v) is 4.95. The molecule has 5 nitrogen and oxygen atoms in total. The summed E-state index contributed by atoms with van der Waals surface area (Å²) in [5.74, 6) is -0.420. The highest BCUT2D eigenvalue weighted by Crippen LogP contribution is 2.17. The third-order valence-electron chi connectivity index (χ3n) is 4.95. The molecule has 0 bridgehead atoms. The smallest absolute Gasteiger partial charge is 0.251 e. The van der Waals surface area contributed by atoms with Gasteiger partial charge >= 0.3 is 0 Å². The predicted octanol–water partition coefficient (Wildman–Crippen LogP) is 3.39. The molecule has 1 fully saturated rings. The van der Waals surface area contributed by atoms with Crippen molar-refractivity contribution < 1.29 is 14.4 Å². The van der Waals surface area contributed by atoms with E-state index in [0.717, 1.165) is 17.5 Å². The number of carbonyl (C=O) groups excluding carboxylic acids is 3. The summed E-state index contributed by atoms with van der Waals surface area (Å²) >= 11 is 0. The average molecular weight is 364 g/mol. The third kappa shape index (κ3) is 4.42. The standard InChI is InChI=1S/C22H24N2O3/c1-3-16-4-8-18(9-5-16)15(2)23-22(27)19-10-6-17(7-11-19)14-24-20(25)12-13-21(24)26/h4-11,15H,3,12-14H2,1-2H3,(H,23,27). The molecule has 0 aromatic heterocycles. The van der Waals surface area contributed by atoms with Crippen molar-refractivity contribution >= 4 is 17.7 Å². The van der Waals surface area contributed by atoms with Gasteiger partial charge in [0.05, 0.1) is 12.6 Å². The first-order chi connectivity index (χ1) is 13.0. The zero-order valence-electron chi connectivity index (χ0n) is 15.7. The molecule has 0 aliphatic carbocycles. The molecule has 0 spiro atoms. The minimum Gasteiger partial charge on any atom is -0.346 e. The van der Waals surface area contributed by atoms with Crippen LogP contribution in [0.1, 0.15) is 59.8 Å². The molecule has 1 unspecified atom stereocenters. The van der Waals surface area contributed by atoms with Gasteiger partial charge in [0, 0.05) is 18.4 Å². The molecule has 140 valence electrons. The molecule has 1 aliphatic heterocycles. The van der Waals surface area contributed by atoms with Crippen LogP contribution in [0.4, 0.5) is 0 Å². The largest absolute Gasteiger partial charge is 0.346 e. The number of benzene rings is 2. The summed E-state index contributed by atoms with van der Waals surface area (Å²) in [5.41, 5.74) is 3.71. The molecular formula is C22H24N2O3. The van der Waals surface area contributed by atoms with Gasteiger partial charge in [-0.3, -0.25) is 19.3 Å². The first kappa shape index (κ1) is 18.8. The Labute approximate surface area is 159 Å². The number of carbonyl (C=O) groups is 3. The molecule has 1 aliphatic rings. The van der Waals surface area contributed by atoms with Crippen LogP contribution in [0.3, 0.4) is 0 Å². The first-order valence-corrected chi connectivity index (χ1v) is 9.29. The molecule has 2 aromatic carbocycles. The van der Waals surface area contributed by atoms with E-state index in [-0.39, 0.29) is 43.1 Å². The minimum absolute atomic E-state index is 0.0945. The summed E-state index contributed by atoms with van der Waals surface area (Å²) in [5, 5.41) is 3.00. The molecular weight excluding hydrogens is 340 g/mol. The maximum absolute atomic E-state index is 12.5. The number of rotatable bonds is 6. The van der Waals surface area contributed by atoms with Gasteiger partial charge in [-0.2, -0.15) is 0 Å². The summed E-state index contributed by atoms with van der Waals surface area (Å²) in [6.45, 7) is 4.33. The van der Waals surface area contributed by atoms with E-state index in [2.05, 4.69) is 24.4 Å². The van der Waals surface area contributed by atoms with Crippen molar-refractivity contribution in [1.82, 2.24) is 10.2 Å². The lowest BCUT2D eigenvalue weighted by Gasteiger charge is -2.16. The van der Waals surface area contributed by atoms with Crippen LogP contribution in [-0.2, 0) is 22.6 Å². The molecule has 1 saturated heterocycles. The van der Waals surface area contributed by atoms with Crippen molar-refractivity contribution in [3.05, 3.63) is 70.8 Å². The fourth-order valence-electron chi connectivity index (χ4n) is 3.15. The van der Waals surface area contributed by atoms with Gasteiger partial charge in [-0.25, -0.2) is 0 Å². The number of hydrogen-bond donors (Lipinski definition) is 1. The van der Waals surface area contributed by atoms with Crippen molar-refractivity contribution in [1.29, 1.82) is 0 Å². The fourth-order valence-corrected chi connectivity index (χ4v) is 3.15. The summed E-state index contributed by atoms with van der Waals surface area (Å²) in [7, 11) is 0. The van der Waals surface area contributed by atoms with E-state index in [4.69, 9.17) is 0 Å². The molecule has 1 atom stereocenters. The highest BCUT2D eigenvalue weighted by molar-refractivity contribution is 6.01. The number of imide groups is 1. The van der Waals surface area contributed by atoms with Gasteiger partial charge < -0.3 is 5.32 Å². The Kier molecular flexibility index (Phi) is 5.69. The SMILES string of the molecule is CCc1ccc(C(C)NC(=O)c2ccc(CN3C(=O)CCC3=O)cc2)cc1. The predicted molar refractivity (Wildman–Crippen MR) is 103 cm³/mol. The van der Waals surface area contributed by atoms with Crippen molar-refractivity contribution in [2.24, 2.45) is 0 Å². The molecule has 1 heterocycles. The first-order valence-electron chi connectivity index (χ1n) is 9.29. The van der Waals surface area contributed by atoms with Gasteiger partial charge in [0.1, 0.15) is 0 Å². The highest BCUT2D eigenvalue weighted by Gasteiger charge is 2.28. The van der Waals surface area contributed by atoms with E-state index < -0.39 is 0 Å². The zero-order chi connectivity index (χ0) is 19.4. The second-order valence-corrected chi connectivity index (χ2v) is 6.86. The molecule has 1 N–H and O–H groups in total. The fraction of sp³-hybridized carbons (Fsp3) is 0.318. The molecule has 2 aromatic rings. The van der Waals surface area contributed by atoms with Crippen LogP contribution in [0.5, 0.6) is 0 Å². The molecule has 0 radical (unpaired) electrons. The Bertz CT molecular complexity index is 825. The maximum atomic E-state index is 12.5. The Morgan fingerprint density at radius 3 is 2.07 bits per heavy atom. The average Bonchev–Trinajstić information content (AvgIpc) is 3.00. The highest BCUT2D eigenvalue weighted by atomic mass is 16.2. The number of nitrogens with zero attached hydrogens (tertiary/aromatic N) is 1. The number of nitrogens with one attached hydrogen (secondary N) is 1. The Morgan fingerprint density at radius 2 is 1.52 bits per heavy atom. The van der Waals surface area contributed by atoms with E-state index in [1.807, 2.05) is 19.1 Å². The maximum Gasteiger partial charge on any atom is 0.251 e. The van der Waals surface area contributed by atoms with Gasteiger partial charge in [0.2, 0.25) is 11.8 Å². The summed E-state index contributed by atoms with van der Waals surface area (Å²) in [6.07, 6.45) is 1.56. The monoisotopic (exact) mass is 364 g/mol. The van der Waals surface area contributed by atoms with Gasteiger partial charge in [-0.05, 0) is 42.2 Å². The van der Waals surface area contributed by atoms with Crippen molar-refractivity contribution in [3.63, 3.8) is 0 Å². The zero-order valence-corrected chi connectivity index (χ0v) is 15.7. The number of hydrogen-bond acceptors (Lipinski definition) is 3. The second-order valence-electron chi connectivity index (χ2n) is 6.86. The van der Waals surface area contributed by atoms with E-state index >= 15 is 0 Å².